The first kappa shape index (κ1) is 9.11. The summed E-state index contributed by atoms with van der Waals surface area (Å²) in [5, 5.41) is 0. The van der Waals surface area contributed by atoms with Crippen LogP contribution >= 0.6 is 0 Å². The quantitative estimate of drug-likeness (QED) is 0.600. The summed E-state index contributed by atoms with van der Waals surface area (Å²) in [5.74, 6) is 0.763. The summed E-state index contributed by atoms with van der Waals surface area (Å²) in [4.78, 5) is 14.4. The smallest absolute Gasteiger partial charge is 0.127 e. The highest BCUT2D eigenvalue weighted by molar-refractivity contribution is 5.75. The molecule has 0 saturated carbocycles. The Labute approximate surface area is 91.7 Å². The molecule has 5 nitrogen and oxygen atoms in total. The standard InChI is InChI=1S/C11H11N5/c12-10(11-13-3-4-14-11)7-1-2-8-9(5-7)16-6-15-8/h1-6,10H,12H2,(H,13,14)(H,15,16). The maximum Gasteiger partial charge on any atom is 0.127 e. The lowest BCUT2D eigenvalue weighted by Crippen LogP contribution is -2.13. The molecule has 0 aliphatic rings. The average Bonchev–Trinajstić information content (AvgIpc) is 2.98. The zero-order valence-corrected chi connectivity index (χ0v) is 8.51. The van der Waals surface area contributed by atoms with E-state index in [1.807, 2.05) is 18.2 Å². The van der Waals surface area contributed by atoms with Crippen molar-refractivity contribution in [1.82, 2.24) is 19.9 Å². The number of aromatic nitrogens is 4. The number of imidazole rings is 2. The molecule has 3 aromatic rings. The van der Waals surface area contributed by atoms with Gasteiger partial charge in [0.15, 0.2) is 0 Å². The number of hydrogen-bond acceptors (Lipinski definition) is 3. The van der Waals surface area contributed by atoms with Crippen molar-refractivity contribution >= 4 is 11.0 Å². The predicted octanol–water partition coefficient (Wildman–Crippen LogP) is 1.33. The molecular weight excluding hydrogens is 202 g/mol. The Bertz CT molecular complexity index is 596. The number of rotatable bonds is 2. The highest BCUT2D eigenvalue weighted by Crippen LogP contribution is 2.19. The summed E-state index contributed by atoms with van der Waals surface area (Å²) in [7, 11) is 0. The molecule has 1 atom stereocenters. The highest BCUT2D eigenvalue weighted by Gasteiger charge is 2.11. The zero-order valence-electron chi connectivity index (χ0n) is 8.51. The van der Waals surface area contributed by atoms with Crippen LogP contribution in [0, 0.1) is 0 Å². The van der Waals surface area contributed by atoms with Gasteiger partial charge in [0.1, 0.15) is 5.82 Å². The molecule has 0 amide bonds. The molecule has 0 aliphatic heterocycles. The molecule has 4 N–H and O–H groups in total. The SMILES string of the molecule is NC(c1ccc2nc[nH]c2c1)c1ncc[nH]1. The zero-order chi connectivity index (χ0) is 11.0. The predicted molar refractivity (Wildman–Crippen MR) is 60.7 cm³/mol. The van der Waals surface area contributed by atoms with Gasteiger partial charge in [-0.05, 0) is 17.7 Å². The molecule has 1 aromatic carbocycles. The maximum absolute atomic E-state index is 6.09. The summed E-state index contributed by atoms with van der Waals surface area (Å²) < 4.78 is 0. The van der Waals surface area contributed by atoms with Gasteiger partial charge in [-0.3, -0.25) is 0 Å². The van der Waals surface area contributed by atoms with Gasteiger partial charge < -0.3 is 15.7 Å². The largest absolute Gasteiger partial charge is 0.347 e. The van der Waals surface area contributed by atoms with E-state index < -0.39 is 0 Å². The van der Waals surface area contributed by atoms with E-state index >= 15 is 0 Å². The van der Waals surface area contributed by atoms with Crippen molar-refractivity contribution in [3.05, 3.63) is 48.3 Å². The third kappa shape index (κ3) is 1.38. The monoisotopic (exact) mass is 213 g/mol. The first-order valence-electron chi connectivity index (χ1n) is 5.02. The van der Waals surface area contributed by atoms with Gasteiger partial charge in [-0.2, -0.15) is 0 Å². The first-order valence-corrected chi connectivity index (χ1v) is 5.02. The molecule has 0 spiro atoms. The number of aromatic amines is 2. The Hall–Kier alpha value is -2.14. The van der Waals surface area contributed by atoms with Crippen LogP contribution in [0.2, 0.25) is 0 Å². The number of nitrogens with zero attached hydrogens (tertiary/aromatic N) is 2. The van der Waals surface area contributed by atoms with Crippen molar-refractivity contribution in [2.45, 2.75) is 6.04 Å². The lowest BCUT2D eigenvalue weighted by Gasteiger charge is -2.08. The average molecular weight is 213 g/mol. The summed E-state index contributed by atoms with van der Waals surface area (Å²) in [6.07, 6.45) is 5.14. The van der Waals surface area contributed by atoms with E-state index in [0.29, 0.717) is 0 Å². The van der Waals surface area contributed by atoms with Gasteiger partial charge in [-0.25, -0.2) is 9.97 Å². The minimum absolute atomic E-state index is 0.234. The van der Waals surface area contributed by atoms with Gasteiger partial charge >= 0.3 is 0 Å². The maximum atomic E-state index is 6.09. The Morgan fingerprint density at radius 2 is 2.12 bits per heavy atom. The van der Waals surface area contributed by atoms with Crippen LogP contribution in [-0.2, 0) is 0 Å². The highest BCUT2D eigenvalue weighted by atomic mass is 14.9. The normalized spacial score (nSPS) is 13.1. The van der Waals surface area contributed by atoms with E-state index in [2.05, 4.69) is 19.9 Å². The molecule has 0 fully saturated rings. The molecule has 0 radical (unpaired) electrons. The third-order valence-corrected chi connectivity index (χ3v) is 2.62. The summed E-state index contributed by atoms with van der Waals surface area (Å²) >= 11 is 0. The van der Waals surface area contributed by atoms with Crippen molar-refractivity contribution < 1.29 is 0 Å². The Balaban J connectivity index is 2.05. The summed E-state index contributed by atoms with van der Waals surface area (Å²) in [6.45, 7) is 0. The van der Waals surface area contributed by atoms with Crippen LogP contribution in [0.5, 0.6) is 0 Å². The lowest BCUT2D eigenvalue weighted by atomic mass is 10.1. The van der Waals surface area contributed by atoms with Crippen LogP contribution in [0.15, 0.2) is 36.9 Å². The molecular formula is C11H11N5. The number of H-pyrrole nitrogens is 2. The van der Waals surface area contributed by atoms with Crippen LogP contribution in [0.4, 0.5) is 0 Å². The van der Waals surface area contributed by atoms with Crippen LogP contribution in [0.25, 0.3) is 11.0 Å². The van der Waals surface area contributed by atoms with Crippen molar-refractivity contribution in [2.24, 2.45) is 5.73 Å². The Morgan fingerprint density at radius 1 is 1.19 bits per heavy atom. The molecule has 0 aliphatic carbocycles. The van der Waals surface area contributed by atoms with Crippen molar-refractivity contribution in [3.63, 3.8) is 0 Å². The van der Waals surface area contributed by atoms with E-state index in [4.69, 9.17) is 5.73 Å². The molecule has 0 bridgehead atoms. The topological polar surface area (TPSA) is 83.4 Å². The number of fused-ring (bicyclic) bond motifs is 1. The van der Waals surface area contributed by atoms with Crippen LogP contribution in [-0.4, -0.2) is 19.9 Å². The molecule has 5 heteroatoms. The van der Waals surface area contributed by atoms with Gasteiger partial charge in [0, 0.05) is 12.4 Å². The molecule has 16 heavy (non-hydrogen) atoms. The van der Waals surface area contributed by atoms with Gasteiger partial charge in [0.2, 0.25) is 0 Å². The Morgan fingerprint density at radius 3 is 2.94 bits per heavy atom. The first-order chi connectivity index (χ1) is 7.84. The van der Waals surface area contributed by atoms with Gasteiger partial charge in [0.05, 0.1) is 23.4 Å². The second-order valence-corrected chi connectivity index (χ2v) is 3.63. The van der Waals surface area contributed by atoms with E-state index in [9.17, 15) is 0 Å². The molecule has 2 aromatic heterocycles. The molecule has 2 heterocycles. The minimum Gasteiger partial charge on any atom is -0.347 e. The number of nitrogens with one attached hydrogen (secondary N) is 2. The number of benzene rings is 1. The lowest BCUT2D eigenvalue weighted by molar-refractivity contribution is 0.802. The van der Waals surface area contributed by atoms with Crippen molar-refractivity contribution in [3.8, 4) is 0 Å². The summed E-state index contributed by atoms with van der Waals surface area (Å²) in [6, 6.07) is 5.68. The molecule has 3 rings (SSSR count). The fourth-order valence-corrected chi connectivity index (χ4v) is 1.75. The Kier molecular flexibility index (Phi) is 1.97. The number of nitrogens with two attached hydrogens (primary N) is 1. The van der Waals surface area contributed by atoms with Crippen molar-refractivity contribution in [2.75, 3.05) is 0 Å². The molecule has 1 unspecified atom stereocenters. The minimum atomic E-state index is -0.234. The van der Waals surface area contributed by atoms with Crippen LogP contribution < -0.4 is 5.73 Å². The fraction of sp³-hybridized carbons (Fsp3) is 0.0909. The van der Waals surface area contributed by atoms with E-state index in [0.717, 1.165) is 22.4 Å². The van der Waals surface area contributed by atoms with E-state index in [1.165, 1.54) is 0 Å². The third-order valence-electron chi connectivity index (χ3n) is 2.62. The van der Waals surface area contributed by atoms with Gasteiger partial charge in [-0.15, -0.1) is 0 Å². The van der Waals surface area contributed by atoms with Crippen LogP contribution in [0.3, 0.4) is 0 Å². The second-order valence-electron chi connectivity index (χ2n) is 3.63. The van der Waals surface area contributed by atoms with Crippen molar-refractivity contribution in [1.29, 1.82) is 0 Å². The van der Waals surface area contributed by atoms with Gasteiger partial charge in [0.25, 0.3) is 0 Å². The molecule has 80 valence electrons. The molecule has 0 saturated heterocycles. The number of hydrogen-bond donors (Lipinski definition) is 3. The fourth-order valence-electron chi connectivity index (χ4n) is 1.75. The van der Waals surface area contributed by atoms with E-state index in [-0.39, 0.29) is 6.04 Å². The second kappa shape index (κ2) is 3.46. The van der Waals surface area contributed by atoms with Gasteiger partial charge in [-0.1, -0.05) is 6.07 Å². The summed E-state index contributed by atoms with van der Waals surface area (Å²) in [5.41, 5.74) is 9.02. The van der Waals surface area contributed by atoms with Crippen LogP contribution in [0.1, 0.15) is 17.4 Å². The van der Waals surface area contributed by atoms with E-state index in [1.54, 1.807) is 18.7 Å².